The van der Waals surface area contributed by atoms with Crippen LogP contribution in [0.5, 0.6) is 0 Å². The van der Waals surface area contributed by atoms with Crippen LogP contribution in [0.15, 0.2) is 49.1 Å². The van der Waals surface area contributed by atoms with Crippen molar-refractivity contribution in [1.82, 2.24) is 40.6 Å². The molecule has 1 aliphatic heterocycles. The van der Waals surface area contributed by atoms with Gasteiger partial charge in [0.1, 0.15) is 17.0 Å². The van der Waals surface area contributed by atoms with E-state index in [4.69, 9.17) is 0 Å². The van der Waals surface area contributed by atoms with E-state index in [-0.39, 0.29) is 11.9 Å². The number of H-pyrrole nitrogens is 2. The second-order valence-electron chi connectivity index (χ2n) is 8.44. The Morgan fingerprint density at radius 3 is 2.94 bits per heavy atom. The van der Waals surface area contributed by atoms with E-state index in [1.807, 2.05) is 36.5 Å². The highest BCUT2D eigenvalue weighted by Crippen LogP contribution is 2.30. The van der Waals surface area contributed by atoms with Gasteiger partial charge in [-0.05, 0) is 43.2 Å². The van der Waals surface area contributed by atoms with E-state index in [2.05, 4.69) is 45.9 Å². The van der Waals surface area contributed by atoms with Gasteiger partial charge < -0.3 is 10.6 Å². The van der Waals surface area contributed by atoms with Crippen molar-refractivity contribution >= 4 is 49.9 Å². The van der Waals surface area contributed by atoms with Gasteiger partial charge in [-0.3, -0.25) is 19.9 Å². The van der Waals surface area contributed by atoms with E-state index < -0.39 is 0 Å². The number of anilines is 2. The Labute approximate surface area is 198 Å². The molecule has 0 radical (unpaired) electrons. The topological polar surface area (TPSA) is 128 Å². The van der Waals surface area contributed by atoms with Gasteiger partial charge in [-0.15, -0.1) is 11.3 Å². The van der Waals surface area contributed by atoms with Gasteiger partial charge in [0.15, 0.2) is 0 Å². The molecule has 0 unspecified atom stereocenters. The number of amides is 1. The minimum atomic E-state index is -0.0569. The number of nitrogens with one attached hydrogen (secondary N) is 4. The third-order valence-electron chi connectivity index (χ3n) is 6.12. The molecule has 0 saturated carbocycles. The molecule has 1 aliphatic rings. The summed E-state index contributed by atoms with van der Waals surface area (Å²) < 4.78 is 0. The molecule has 5 heterocycles. The van der Waals surface area contributed by atoms with Gasteiger partial charge in [0, 0.05) is 42.9 Å². The van der Waals surface area contributed by atoms with Crippen molar-refractivity contribution in [3.8, 4) is 0 Å². The minimum Gasteiger partial charge on any atom is -0.349 e. The van der Waals surface area contributed by atoms with Crippen molar-refractivity contribution in [2.45, 2.75) is 25.4 Å². The molecule has 34 heavy (non-hydrogen) atoms. The highest BCUT2D eigenvalue weighted by molar-refractivity contribution is 7.20. The number of piperidine rings is 1. The highest BCUT2D eigenvalue weighted by Gasteiger charge is 2.23. The lowest BCUT2D eigenvalue weighted by Crippen LogP contribution is -2.44. The maximum absolute atomic E-state index is 13.0. The monoisotopic (exact) mass is 473 g/mol. The van der Waals surface area contributed by atoms with Gasteiger partial charge in [-0.1, -0.05) is 0 Å². The molecule has 4 aromatic heterocycles. The van der Waals surface area contributed by atoms with Gasteiger partial charge >= 0.3 is 0 Å². The van der Waals surface area contributed by atoms with E-state index in [0.717, 1.165) is 65.0 Å². The van der Waals surface area contributed by atoms with Crippen molar-refractivity contribution < 1.29 is 4.79 Å². The SMILES string of the molecule is O=C(NC1CCN(Cc2cc[nH]n2)CC1)c1cc2c(Nc3ccc4cn[nH]c4c3)ncnc2s1. The third kappa shape index (κ3) is 4.22. The first-order chi connectivity index (χ1) is 16.7. The van der Waals surface area contributed by atoms with E-state index in [9.17, 15) is 4.79 Å². The third-order valence-corrected chi connectivity index (χ3v) is 7.17. The Hall–Kier alpha value is -3.83. The number of thiophene rings is 1. The van der Waals surface area contributed by atoms with Crippen LogP contribution in [0, 0.1) is 0 Å². The largest absolute Gasteiger partial charge is 0.349 e. The molecular weight excluding hydrogens is 450 g/mol. The van der Waals surface area contributed by atoms with E-state index in [0.29, 0.717) is 10.7 Å². The lowest BCUT2D eigenvalue weighted by molar-refractivity contribution is 0.0912. The summed E-state index contributed by atoms with van der Waals surface area (Å²) in [6, 6.07) is 9.99. The molecule has 6 rings (SSSR count). The van der Waals surface area contributed by atoms with Crippen molar-refractivity contribution in [2.75, 3.05) is 18.4 Å². The zero-order valence-corrected chi connectivity index (χ0v) is 19.1. The normalized spacial score (nSPS) is 15.2. The van der Waals surface area contributed by atoms with Crippen LogP contribution in [-0.2, 0) is 6.54 Å². The first kappa shape index (κ1) is 20.8. The number of carbonyl (C=O) groups excluding carboxylic acids is 1. The van der Waals surface area contributed by atoms with Crippen molar-refractivity contribution in [2.24, 2.45) is 0 Å². The molecule has 10 nitrogen and oxygen atoms in total. The molecule has 4 N–H and O–H groups in total. The van der Waals surface area contributed by atoms with Gasteiger partial charge in [-0.25, -0.2) is 9.97 Å². The number of hydrogen-bond donors (Lipinski definition) is 4. The number of carbonyl (C=O) groups is 1. The van der Waals surface area contributed by atoms with Crippen LogP contribution in [0.1, 0.15) is 28.2 Å². The van der Waals surface area contributed by atoms with E-state index >= 15 is 0 Å². The summed E-state index contributed by atoms with van der Waals surface area (Å²) in [7, 11) is 0. The molecular formula is C23H23N9OS. The van der Waals surface area contributed by atoms with Crippen LogP contribution in [0.4, 0.5) is 11.5 Å². The van der Waals surface area contributed by atoms with Crippen molar-refractivity contribution in [1.29, 1.82) is 0 Å². The van der Waals surface area contributed by atoms with E-state index in [1.54, 1.807) is 6.20 Å². The summed E-state index contributed by atoms with van der Waals surface area (Å²) >= 11 is 1.38. The smallest absolute Gasteiger partial charge is 0.261 e. The molecule has 0 aliphatic carbocycles. The maximum Gasteiger partial charge on any atom is 0.261 e. The number of fused-ring (bicyclic) bond motifs is 2. The maximum atomic E-state index is 13.0. The number of hydrogen-bond acceptors (Lipinski definition) is 8. The van der Waals surface area contributed by atoms with Crippen molar-refractivity contribution in [3.63, 3.8) is 0 Å². The van der Waals surface area contributed by atoms with Gasteiger partial charge in [-0.2, -0.15) is 10.2 Å². The van der Waals surface area contributed by atoms with Crippen LogP contribution >= 0.6 is 11.3 Å². The Morgan fingerprint density at radius 1 is 1.18 bits per heavy atom. The molecule has 172 valence electrons. The summed E-state index contributed by atoms with van der Waals surface area (Å²) in [6.45, 7) is 2.71. The minimum absolute atomic E-state index is 0.0569. The molecule has 0 atom stereocenters. The highest BCUT2D eigenvalue weighted by atomic mass is 32.1. The standard InChI is InChI=1S/C23H23N9OS/c33-22(29-15-4-7-32(8-5-15)12-17-3-6-26-30-17)20-10-18-21(24-13-25-23(18)34-20)28-16-2-1-14-11-27-31-19(14)9-16/h1-3,6,9-11,13,15H,4-5,7-8,12H2,(H,26,30)(H,27,31)(H,29,33)(H,24,25,28). The quantitative estimate of drug-likeness (QED) is 0.297. The molecule has 1 aromatic carbocycles. The Bertz CT molecular complexity index is 1430. The number of aromatic amines is 2. The fourth-order valence-corrected chi connectivity index (χ4v) is 5.22. The number of rotatable bonds is 6. The Balaban J connectivity index is 1.13. The van der Waals surface area contributed by atoms with Crippen LogP contribution in [0.3, 0.4) is 0 Å². The average Bonchev–Trinajstić information content (AvgIpc) is 3.61. The van der Waals surface area contributed by atoms with Gasteiger partial charge in [0.05, 0.1) is 27.7 Å². The fraction of sp³-hybridized carbons (Fsp3) is 0.261. The number of likely N-dealkylation sites (tertiary alicyclic amines) is 1. The van der Waals surface area contributed by atoms with Crippen molar-refractivity contribution in [3.05, 3.63) is 59.6 Å². The fourth-order valence-electron chi connectivity index (χ4n) is 4.32. The molecule has 11 heteroatoms. The van der Waals surface area contributed by atoms with Gasteiger partial charge in [0.2, 0.25) is 0 Å². The summed E-state index contributed by atoms with van der Waals surface area (Å²) in [5.74, 6) is 0.615. The molecule has 5 aromatic rings. The molecule has 0 bridgehead atoms. The van der Waals surface area contributed by atoms with Crippen LogP contribution in [-0.4, -0.2) is 60.3 Å². The second kappa shape index (κ2) is 8.84. The first-order valence-corrected chi connectivity index (χ1v) is 12.0. The number of aromatic nitrogens is 6. The molecule has 1 saturated heterocycles. The molecule has 1 amide bonds. The lowest BCUT2D eigenvalue weighted by Gasteiger charge is -2.31. The summed E-state index contributed by atoms with van der Waals surface area (Å²) in [6.07, 6.45) is 6.99. The predicted octanol–water partition coefficient (Wildman–Crippen LogP) is 3.43. The molecule has 0 spiro atoms. The summed E-state index contributed by atoms with van der Waals surface area (Å²) in [4.78, 5) is 25.6. The van der Waals surface area contributed by atoms with Gasteiger partial charge in [0.25, 0.3) is 5.91 Å². The Morgan fingerprint density at radius 2 is 2.09 bits per heavy atom. The van der Waals surface area contributed by atoms with Crippen LogP contribution in [0.2, 0.25) is 0 Å². The zero-order chi connectivity index (χ0) is 22.9. The second-order valence-corrected chi connectivity index (χ2v) is 9.47. The Kier molecular flexibility index (Phi) is 5.40. The molecule has 1 fully saturated rings. The van der Waals surface area contributed by atoms with Crippen LogP contribution < -0.4 is 10.6 Å². The summed E-state index contributed by atoms with van der Waals surface area (Å²) in [5, 5.41) is 22.5. The van der Waals surface area contributed by atoms with Crippen LogP contribution in [0.25, 0.3) is 21.1 Å². The zero-order valence-electron chi connectivity index (χ0n) is 18.3. The number of benzene rings is 1. The number of nitrogens with zero attached hydrogens (tertiary/aromatic N) is 5. The van der Waals surface area contributed by atoms with E-state index in [1.165, 1.54) is 17.7 Å². The predicted molar refractivity (Wildman–Crippen MR) is 131 cm³/mol. The lowest BCUT2D eigenvalue weighted by atomic mass is 10.0. The first-order valence-electron chi connectivity index (χ1n) is 11.2. The summed E-state index contributed by atoms with van der Waals surface area (Å²) in [5.41, 5.74) is 2.87. The average molecular weight is 474 g/mol.